The van der Waals surface area contributed by atoms with E-state index >= 15 is 0 Å². The van der Waals surface area contributed by atoms with E-state index in [1.807, 2.05) is 12.1 Å². The van der Waals surface area contributed by atoms with Crippen molar-refractivity contribution in [2.45, 2.75) is 19.3 Å². The molecule has 4 rings (SSSR count). The number of likely N-dealkylation sites (tertiary alicyclic amines) is 1. The molecule has 2 aromatic carbocycles. The van der Waals surface area contributed by atoms with E-state index < -0.39 is 12.2 Å². The molecule has 1 saturated heterocycles. The zero-order valence-electron chi connectivity index (χ0n) is 16.9. The second kappa shape index (κ2) is 8.71. The van der Waals surface area contributed by atoms with E-state index in [2.05, 4.69) is 15.3 Å². The summed E-state index contributed by atoms with van der Waals surface area (Å²) < 4.78 is 30.9. The van der Waals surface area contributed by atoms with E-state index in [9.17, 15) is 18.4 Å². The van der Waals surface area contributed by atoms with Gasteiger partial charge in [-0.15, -0.1) is 0 Å². The maximum absolute atomic E-state index is 12.9. The Morgan fingerprint density at radius 3 is 2.65 bits per heavy atom. The Morgan fingerprint density at radius 1 is 1.19 bits per heavy atom. The molecule has 9 heteroatoms. The number of carbonyl (C=O) groups excluding carboxylic acids is 2. The topological polar surface area (TPSA) is 87.3 Å². The van der Waals surface area contributed by atoms with Gasteiger partial charge in [0.2, 0.25) is 5.91 Å². The molecule has 2 N–H and O–H groups in total. The summed E-state index contributed by atoms with van der Waals surface area (Å²) in [6, 6.07) is 11.9. The fourth-order valence-electron chi connectivity index (χ4n) is 3.78. The molecule has 7 nitrogen and oxygen atoms in total. The number of para-hydroxylation sites is 2. The number of aromatic nitrogens is 2. The minimum atomic E-state index is -2.70. The third-order valence-corrected chi connectivity index (χ3v) is 5.47. The van der Waals surface area contributed by atoms with E-state index in [0.29, 0.717) is 54.0 Å². The molecular weight excluding hydrogens is 406 g/mol. The lowest BCUT2D eigenvalue weighted by Gasteiger charge is -2.31. The summed E-state index contributed by atoms with van der Waals surface area (Å²) in [4.78, 5) is 33.6. The van der Waals surface area contributed by atoms with Crippen molar-refractivity contribution in [1.29, 1.82) is 0 Å². The predicted molar refractivity (Wildman–Crippen MR) is 111 cm³/mol. The standard InChI is InChI=1S/C22H22F2N4O3/c1-31-18-5-3-2-4-16(18)27-21(29)13-8-10-28(11-9-13)22(30)14-6-7-15-17(12-14)26-20(25-15)19(23)24/h2-7,12-13,19H,8-11H2,1H3,(H,25,26)(H,27,29). The molecule has 1 aliphatic rings. The van der Waals surface area contributed by atoms with E-state index in [-0.39, 0.29) is 17.7 Å². The molecule has 0 unspecified atom stereocenters. The molecule has 0 aliphatic carbocycles. The third kappa shape index (κ3) is 4.35. The predicted octanol–water partition coefficient (Wildman–Crippen LogP) is 4.00. The van der Waals surface area contributed by atoms with Gasteiger partial charge in [-0.2, -0.15) is 0 Å². The number of aromatic amines is 1. The van der Waals surface area contributed by atoms with E-state index in [1.165, 1.54) is 6.07 Å². The van der Waals surface area contributed by atoms with Gasteiger partial charge in [-0.3, -0.25) is 9.59 Å². The summed E-state index contributed by atoms with van der Waals surface area (Å²) in [5.41, 5.74) is 1.80. The molecular formula is C22H22F2N4O3. The van der Waals surface area contributed by atoms with Gasteiger partial charge in [0.1, 0.15) is 5.75 Å². The van der Waals surface area contributed by atoms with Gasteiger partial charge in [-0.25, -0.2) is 13.8 Å². The lowest BCUT2D eigenvalue weighted by atomic mass is 9.95. The first-order valence-electron chi connectivity index (χ1n) is 9.97. The Hall–Kier alpha value is -3.49. The fraction of sp³-hybridized carbons (Fsp3) is 0.318. The van der Waals surface area contributed by atoms with Gasteiger partial charge in [0.25, 0.3) is 12.3 Å². The molecule has 0 radical (unpaired) electrons. The molecule has 1 aromatic heterocycles. The highest BCUT2D eigenvalue weighted by Crippen LogP contribution is 2.27. The summed E-state index contributed by atoms with van der Waals surface area (Å²) >= 11 is 0. The summed E-state index contributed by atoms with van der Waals surface area (Å²) in [6.45, 7) is 0.873. The quantitative estimate of drug-likeness (QED) is 0.643. The van der Waals surface area contributed by atoms with Crippen molar-refractivity contribution in [3.8, 4) is 5.75 Å². The molecule has 0 spiro atoms. The number of amides is 2. The first-order valence-corrected chi connectivity index (χ1v) is 9.97. The number of ether oxygens (including phenoxy) is 1. The number of nitrogens with zero attached hydrogens (tertiary/aromatic N) is 2. The van der Waals surface area contributed by atoms with Crippen molar-refractivity contribution in [3.63, 3.8) is 0 Å². The van der Waals surface area contributed by atoms with Crippen LogP contribution in [0.3, 0.4) is 0 Å². The van der Waals surface area contributed by atoms with Crippen molar-refractivity contribution in [3.05, 3.63) is 53.9 Å². The summed E-state index contributed by atoms with van der Waals surface area (Å²) in [7, 11) is 1.55. The Labute approximate surface area is 177 Å². The molecule has 3 aromatic rings. The Morgan fingerprint density at radius 2 is 1.94 bits per heavy atom. The number of piperidine rings is 1. The van der Waals surface area contributed by atoms with Gasteiger partial charge in [0, 0.05) is 24.6 Å². The highest BCUT2D eigenvalue weighted by atomic mass is 19.3. The molecule has 0 bridgehead atoms. The number of benzene rings is 2. The maximum Gasteiger partial charge on any atom is 0.295 e. The van der Waals surface area contributed by atoms with Crippen LogP contribution in [-0.4, -0.2) is 46.9 Å². The second-order valence-electron chi connectivity index (χ2n) is 7.41. The van der Waals surface area contributed by atoms with Crippen LogP contribution in [-0.2, 0) is 4.79 Å². The zero-order chi connectivity index (χ0) is 22.0. The number of imidazole rings is 1. The van der Waals surface area contributed by atoms with Crippen molar-refractivity contribution in [1.82, 2.24) is 14.9 Å². The molecule has 2 heterocycles. The first-order chi connectivity index (χ1) is 15.0. The monoisotopic (exact) mass is 428 g/mol. The van der Waals surface area contributed by atoms with E-state index in [4.69, 9.17) is 4.74 Å². The largest absolute Gasteiger partial charge is 0.495 e. The van der Waals surface area contributed by atoms with Gasteiger partial charge < -0.3 is 19.9 Å². The van der Waals surface area contributed by atoms with Crippen molar-refractivity contribution in [2.75, 3.05) is 25.5 Å². The summed E-state index contributed by atoms with van der Waals surface area (Å²) in [5, 5.41) is 2.90. The number of hydrogen-bond acceptors (Lipinski definition) is 4. The highest BCUT2D eigenvalue weighted by molar-refractivity contribution is 5.98. The zero-order valence-corrected chi connectivity index (χ0v) is 16.9. The Balaban J connectivity index is 1.38. The summed E-state index contributed by atoms with van der Waals surface area (Å²) in [6.07, 6.45) is -1.63. The van der Waals surface area contributed by atoms with Gasteiger partial charge in [0.15, 0.2) is 5.82 Å². The molecule has 0 atom stereocenters. The number of carbonyl (C=O) groups is 2. The van der Waals surface area contributed by atoms with E-state index in [0.717, 1.165) is 0 Å². The number of H-pyrrole nitrogens is 1. The SMILES string of the molecule is COc1ccccc1NC(=O)C1CCN(C(=O)c2ccc3nc(C(F)F)[nH]c3c2)CC1. The third-order valence-electron chi connectivity index (χ3n) is 5.47. The molecule has 31 heavy (non-hydrogen) atoms. The lowest BCUT2D eigenvalue weighted by Crippen LogP contribution is -2.41. The van der Waals surface area contributed by atoms with Crippen LogP contribution >= 0.6 is 0 Å². The normalized spacial score (nSPS) is 14.8. The Kier molecular flexibility index (Phi) is 5.83. The highest BCUT2D eigenvalue weighted by Gasteiger charge is 2.28. The minimum Gasteiger partial charge on any atom is -0.495 e. The molecule has 2 amide bonds. The van der Waals surface area contributed by atoms with Crippen LogP contribution in [0.15, 0.2) is 42.5 Å². The van der Waals surface area contributed by atoms with Crippen LogP contribution in [0.2, 0.25) is 0 Å². The van der Waals surface area contributed by atoms with Crippen molar-refractivity contribution < 1.29 is 23.1 Å². The number of anilines is 1. The number of nitrogens with one attached hydrogen (secondary N) is 2. The number of methoxy groups -OCH3 is 1. The fourth-order valence-corrected chi connectivity index (χ4v) is 3.78. The lowest BCUT2D eigenvalue weighted by molar-refractivity contribution is -0.121. The average Bonchev–Trinajstić information content (AvgIpc) is 3.23. The van der Waals surface area contributed by atoms with Crippen LogP contribution in [0.4, 0.5) is 14.5 Å². The van der Waals surface area contributed by atoms with Crippen LogP contribution < -0.4 is 10.1 Å². The molecule has 0 saturated carbocycles. The second-order valence-corrected chi connectivity index (χ2v) is 7.41. The van der Waals surface area contributed by atoms with Crippen LogP contribution in [0.1, 0.15) is 35.4 Å². The average molecular weight is 428 g/mol. The minimum absolute atomic E-state index is 0.102. The number of halogens is 2. The van der Waals surface area contributed by atoms with Gasteiger partial charge in [0.05, 0.1) is 23.8 Å². The number of rotatable bonds is 5. The van der Waals surface area contributed by atoms with Crippen molar-refractivity contribution in [2.24, 2.45) is 5.92 Å². The van der Waals surface area contributed by atoms with Crippen molar-refractivity contribution >= 4 is 28.5 Å². The van der Waals surface area contributed by atoms with Crippen LogP contribution in [0.25, 0.3) is 11.0 Å². The molecule has 1 aliphatic heterocycles. The van der Waals surface area contributed by atoms with Gasteiger partial charge in [-0.1, -0.05) is 12.1 Å². The molecule has 162 valence electrons. The molecule has 1 fully saturated rings. The van der Waals surface area contributed by atoms with Gasteiger partial charge >= 0.3 is 0 Å². The first kappa shape index (κ1) is 20.8. The number of alkyl halides is 2. The number of fused-ring (bicyclic) bond motifs is 1. The summed E-state index contributed by atoms with van der Waals surface area (Å²) in [5.74, 6) is -0.333. The maximum atomic E-state index is 12.9. The number of hydrogen-bond donors (Lipinski definition) is 2. The van der Waals surface area contributed by atoms with Crippen LogP contribution in [0, 0.1) is 5.92 Å². The van der Waals surface area contributed by atoms with E-state index in [1.54, 1.807) is 36.3 Å². The van der Waals surface area contributed by atoms with Crippen LogP contribution in [0.5, 0.6) is 5.75 Å². The smallest absolute Gasteiger partial charge is 0.295 e. The van der Waals surface area contributed by atoms with Gasteiger partial charge in [-0.05, 0) is 43.2 Å². The Bertz CT molecular complexity index is 1110.